The molecule has 0 aromatic heterocycles. The number of non-ortho nitro benzene ring substituents is 1. The molecule has 2 aromatic carbocycles. The molecular weight excluding hydrogens is 372 g/mol. The number of carbonyl (C=O) groups excluding carboxylic acids is 1. The second-order valence-corrected chi connectivity index (χ2v) is 7.08. The highest BCUT2D eigenvalue weighted by Gasteiger charge is 2.31. The lowest BCUT2D eigenvalue weighted by Crippen LogP contribution is -2.26. The smallest absolute Gasteiger partial charge is 0.269 e. The molecule has 1 heterocycles. The van der Waals surface area contributed by atoms with Crippen LogP contribution in [0.5, 0.6) is 11.5 Å². The standard InChI is InChI=1S/C22H26N2O5/c1-3-4-5-14-29-21-19-15-23(22(25)18(19)10-11-20(21)28-2)13-12-16-6-8-17(9-7-16)24(26)27/h6-11H,3-5,12-15H2,1-2H3. The van der Waals surface area contributed by atoms with Gasteiger partial charge in [-0.3, -0.25) is 14.9 Å². The van der Waals surface area contributed by atoms with Gasteiger partial charge in [0.25, 0.3) is 11.6 Å². The summed E-state index contributed by atoms with van der Waals surface area (Å²) < 4.78 is 11.4. The van der Waals surface area contributed by atoms with Gasteiger partial charge >= 0.3 is 0 Å². The summed E-state index contributed by atoms with van der Waals surface area (Å²) in [6.45, 7) is 3.74. The number of fused-ring (bicyclic) bond motifs is 1. The first-order valence-corrected chi connectivity index (χ1v) is 9.90. The highest BCUT2D eigenvalue weighted by atomic mass is 16.6. The number of nitrogens with zero attached hydrogens (tertiary/aromatic N) is 2. The Morgan fingerprint density at radius 2 is 1.90 bits per heavy atom. The predicted molar refractivity (Wildman–Crippen MR) is 110 cm³/mol. The van der Waals surface area contributed by atoms with E-state index in [1.807, 2.05) is 0 Å². The van der Waals surface area contributed by atoms with E-state index in [1.165, 1.54) is 12.1 Å². The number of ether oxygens (including phenoxy) is 2. The third kappa shape index (κ3) is 4.67. The van der Waals surface area contributed by atoms with Gasteiger partial charge in [0.1, 0.15) is 0 Å². The topological polar surface area (TPSA) is 81.9 Å². The normalized spacial score (nSPS) is 12.8. The van der Waals surface area contributed by atoms with Crippen LogP contribution in [0, 0.1) is 10.1 Å². The van der Waals surface area contributed by atoms with Gasteiger partial charge in [-0.2, -0.15) is 0 Å². The fourth-order valence-electron chi connectivity index (χ4n) is 3.47. The van der Waals surface area contributed by atoms with Gasteiger partial charge in [-0.15, -0.1) is 0 Å². The van der Waals surface area contributed by atoms with Crippen molar-refractivity contribution in [1.82, 2.24) is 4.90 Å². The van der Waals surface area contributed by atoms with Crippen LogP contribution >= 0.6 is 0 Å². The summed E-state index contributed by atoms with van der Waals surface area (Å²) >= 11 is 0. The Morgan fingerprint density at radius 3 is 2.55 bits per heavy atom. The number of hydrogen-bond acceptors (Lipinski definition) is 5. The average molecular weight is 398 g/mol. The number of rotatable bonds is 10. The zero-order chi connectivity index (χ0) is 20.8. The molecule has 0 aliphatic carbocycles. The highest BCUT2D eigenvalue weighted by Crippen LogP contribution is 2.38. The van der Waals surface area contributed by atoms with E-state index in [0.29, 0.717) is 43.2 Å². The molecule has 0 radical (unpaired) electrons. The maximum atomic E-state index is 12.8. The quantitative estimate of drug-likeness (QED) is 0.337. The number of hydrogen-bond donors (Lipinski definition) is 0. The molecule has 29 heavy (non-hydrogen) atoms. The molecule has 1 amide bonds. The number of benzene rings is 2. The van der Waals surface area contributed by atoms with Crippen molar-refractivity contribution in [3.8, 4) is 11.5 Å². The summed E-state index contributed by atoms with van der Waals surface area (Å²) in [6, 6.07) is 10.0. The Hall–Kier alpha value is -3.09. The largest absolute Gasteiger partial charge is 0.493 e. The Kier molecular flexibility index (Phi) is 6.69. The van der Waals surface area contributed by atoms with Gasteiger partial charge in [0.15, 0.2) is 11.5 Å². The van der Waals surface area contributed by atoms with Crippen LogP contribution in [0.15, 0.2) is 36.4 Å². The zero-order valence-electron chi connectivity index (χ0n) is 16.8. The van der Waals surface area contributed by atoms with Crippen LogP contribution in [0.4, 0.5) is 5.69 Å². The summed E-state index contributed by atoms with van der Waals surface area (Å²) in [5, 5.41) is 10.8. The van der Waals surface area contributed by atoms with Crippen molar-refractivity contribution in [2.45, 2.75) is 39.2 Å². The molecule has 0 spiro atoms. The van der Waals surface area contributed by atoms with E-state index >= 15 is 0 Å². The molecule has 7 heteroatoms. The van der Waals surface area contributed by atoms with Crippen molar-refractivity contribution >= 4 is 11.6 Å². The minimum absolute atomic E-state index is 0.0250. The SMILES string of the molecule is CCCCCOc1c(OC)ccc2c1CN(CCc1ccc([N+](=O)[O-])cc1)C2=O. The van der Waals surface area contributed by atoms with Crippen LogP contribution in [0.1, 0.15) is 47.7 Å². The highest BCUT2D eigenvalue weighted by molar-refractivity contribution is 5.99. The number of nitro groups is 1. The monoisotopic (exact) mass is 398 g/mol. The van der Waals surface area contributed by atoms with Crippen molar-refractivity contribution in [2.24, 2.45) is 0 Å². The average Bonchev–Trinajstić information content (AvgIpc) is 3.05. The molecule has 0 N–H and O–H groups in total. The molecule has 7 nitrogen and oxygen atoms in total. The second kappa shape index (κ2) is 9.41. The molecule has 0 saturated heterocycles. The van der Waals surface area contributed by atoms with Crippen LogP contribution in [0.2, 0.25) is 0 Å². The van der Waals surface area contributed by atoms with Crippen LogP contribution in [-0.2, 0) is 13.0 Å². The van der Waals surface area contributed by atoms with E-state index in [0.717, 1.165) is 30.4 Å². The fourth-order valence-corrected chi connectivity index (χ4v) is 3.47. The minimum atomic E-state index is -0.417. The van der Waals surface area contributed by atoms with Crippen LogP contribution < -0.4 is 9.47 Å². The first-order valence-electron chi connectivity index (χ1n) is 9.90. The maximum absolute atomic E-state index is 12.8. The molecule has 0 unspecified atom stereocenters. The summed E-state index contributed by atoms with van der Waals surface area (Å²) in [5.74, 6) is 1.28. The van der Waals surface area contributed by atoms with Crippen molar-refractivity contribution in [3.63, 3.8) is 0 Å². The van der Waals surface area contributed by atoms with Gasteiger partial charge in [-0.25, -0.2) is 0 Å². The van der Waals surface area contributed by atoms with Gasteiger partial charge in [-0.1, -0.05) is 31.9 Å². The lowest BCUT2D eigenvalue weighted by atomic mass is 10.1. The molecule has 2 aromatic rings. The van der Waals surface area contributed by atoms with Gasteiger partial charge in [0.2, 0.25) is 0 Å². The van der Waals surface area contributed by atoms with Gasteiger partial charge in [-0.05, 0) is 30.5 Å². The van der Waals surface area contributed by atoms with Crippen molar-refractivity contribution in [3.05, 3.63) is 63.2 Å². The van der Waals surface area contributed by atoms with Crippen LogP contribution in [-0.4, -0.2) is 36.0 Å². The Bertz CT molecular complexity index is 880. The van der Waals surface area contributed by atoms with Crippen molar-refractivity contribution in [1.29, 1.82) is 0 Å². The van der Waals surface area contributed by atoms with E-state index < -0.39 is 4.92 Å². The summed E-state index contributed by atoms with van der Waals surface area (Å²) in [6.07, 6.45) is 3.79. The summed E-state index contributed by atoms with van der Waals surface area (Å²) in [5.41, 5.74) is 2.54. The molecule has 1 aliphatic rings. The maximum Gasteiger partial charge on any atom is 0.269 e. The zero-order valence-corrected chi connectivity index (χ0v) is 16.8. The van der Waals surface area contributed by atoms with Crippen molar-refractivity contribution in [2.75, 3.05) is 20.3 Å². The number of nitro benzene ring substituents is 1. The molecule has 0 fully saturated rings. The lowest BCUT2D eigenvalue weighted by Gasteiger charge is -2.16. The number of amides is 1. The van der Waals surface area contributed by atoms with Crippen LogP contribution in [0.3, 0.4) is 0 Å². The van der Waals surface area contributed by atoms with Gasteiger partial charge < -0.3 is 14.4 Å². The minimum Gasteiger partial charge on any atom is -0.493 e. The van der Waals surface area contributed by atoms with Crippen LogP contribution in [0.25, 0.3) is 0 Å². The Labute approximate surface area is 170 Å². The second-order valence-electron chi connectivity index (χ2n) is 7.08. The first kappa shape index (κ1) is 20.6. The Morgan fingerprint density at radius 1 is 1.14 bits per heavy atom. The van der Waals surface area contributed by atoms with E-state index in [-0.39, 0.29) is 11.6 Å². The molecule has 0 atom stereocenters. The van der Waals surface area contributed by atoms with Gasteiger partial charge in [0.05, 0.1) is 25.2 Å². The molecule has 1 aliphatic heterocycles. The Balaban J connectivity index is 1.69. The number of carbonyl (C=O) groups is 1. The van der Waals surface area contributed by atoms with E-state index in [4.69, 9.17) is 9.47 Å². The fraction of sp³-hybridized carbons (Fsp3) is 0.409. The third-order valence-electron chi connectivity index (χ3n) is 5.12. The molecule has 154 valence electrons. The molecular formula is C22H26N2O5. The van der Waals surface area contributed by atoms with Gasteiger partial charge in [0, 0.05) is 29.8 Å². The third-order valence-corrected chi connectivity index (χ3v) is 5.12. The first-order chi connectivity index (χ1) is 14.0. The molecule has 0 saturated carbocycles. The summed E-state index contributed by atoms with van der Waals surface area (Å²) in [7, 11) is 1.60. The number of unbranched alkanes of at least 4 members (excludes halogenated alkanes) is 2. The predicted octanol–water partition coefficient (Wildman–Crippen LogP) is 4.37. The molecule has 3 rings (SSSR count). The summed E-state index contributed by atoms with van der Waals surface area (Å²) in [4.78, 5) is 25.0. The lowest BCUT2D eigenvalue weighted by molar-refractivity contribution is -0.384. The number of methoxy groups -OCH3 is 1. The van der Waals surface area contributed by atoms with Crippen molar-refractivity contribution < 1.29 is 19.2 Å². The van der Waals surface area contributed by atoms with E-state index in [9.17, 15) is 14.9 Å². The van der Waals surface area contributed by atoms with E-state index in [1.54, 1.807) is 36.3 Å². The van der Waals surface area contributed by atoms with E-state index in [2.05, 4.69) is 6.92 Å². The molecule has 0 bridgehead atoms.